The molecule has 0 bridgehead atoms. The third-order valence-corrected chi connectivity index (χ3v) is 5.65. The fourth-order valence-corrected chi connectivity index (χ4v) is 3.67. The zero-order chi connectivity index (χ0) is 21.1. The van der Waals surface area contributed by atoms with E-state index in [1.165, 1.54) is 0 Å². The second kappa shape index (κ2) is 9.02. The molecule has 2 saturated heterocycles. The van der Waals surface area contributed by atoms with Crippen LogP contribution < -0.4 is 9.47 Å². The molecule has 2 aliphatic heterocycles. The fraction of sp³-hybridized carbons (Fsp3) is 0.478. The van der Waals surface area contributed by atoms with Gasteiger partial charge in [-0.05, 0) is 50.1 Å². The Morgan fingerprint density at radius 3 is 2.50 bits per heavy atom. The number of carbonyl (C=O) groups excluding carboxylic acids is 1. The lowest BCUT2D eigenvalue weighted by Crippen LogP contribution is -2.35. The molecule has 2 atom stereocenters. The summed E-state index contributed by atoms with van der Waals surface area (Å²) in [4.78, 5) is 18.6. The van der Waals surface area contributed by atoms with Gasteiger partial charge in [0, 0.05) is 18.8 Å². The quantitative estimate of drug-likeness (QED) is 0.751. The number of rotatable bonds is 5. The summed E-state index contributed by atoms with van der Waals surface area (Å²) in [5.41, 5.74) is 3.14. The predicted molar refractivity (Wildman–Crippen MR) is 111 cm³/mol. The van der Waals surface area contributed by atoms with Crippen molar-refractivity contribution in [2.45, 2.75) is 39.1 Å². The Morgan fingerprint density at radius 1 is 1.10 bits per heavy atom. The van der Waals surface area contributed by atoms with E-state index in [1.807, 2.05) is 51.1 Å². The largest absolute Gasteiger partial charge is 0.484 e. The van der Waals surface area contributed by atoms with E-state index in [2.05, 4.69) is 4.98 Å². The van der Waals surface area contributed by atoms with Gasteiger partial charge in [0.2, 0.25) is 0 Å². The summed E-state index contributed by atoms with van der Waals surface area (Å²) in [6.07, 6.45) is 1.20. The van der Waals surface area contributed by atoms with Crippen LogP contribution in [0.1, 0.15) is 16.8 Å². The highest BCUT2D eigenvalue weighted by Gasteiger charge is 2.39. The summed E-state index contributed by atoms with van der Waals surface area (Å²) >= 11 is 0. The number of hydrogen-bond acceptors (Lipinski definition) is 6. The van der Waals surface area contributed by atoms with Gasteiger partial charge >= 0.3 is 0 Å². The number of likely N-dealkylation sites (tertiary alicyclic amines) is 1. The maximum absolute atomic E-state index is 12.6. The Balaban J connectivity index is 1.27. The van der Waals surface area contributed by atoms with Gasteiger partial charge in [-0.15, -0.1) is 0 Å². The number of aryl methyl sites for hydroxylation is 2. The average molecular weight is 412 g/mol. The summed E-state index contributed by atoms with van der Waals surface area (Å²) in [6, 6.07) is 9.65. The minimum absolute atomic E-state index is 0.00981. The Hall–Kier alpha value is -2.64. The van der Waals surface area contributed by atoms with Crippen LogP contribution in [-0.2, 0) is 14.3 Å². The van der Waals surface area contributed by atoms with Gasteiger partial charge in [-0.2, -0.15) is 0 Å². The van der Waals surface area contributed by atoms with Gasteiger partial charge in [-0.1, -0.05) is 12.1 Å². The third kappa shape index (κ3) is 4.74. The van der Waals surface area contributed by atoms with Crippen molar-refractivity contribution in [3.8, 4) is 11.5 Å². The van der Waals surface area contributed by atoms with Crippen LogP contribution in [0.3, 0.4) is 0 Å². The van der Waals surface area contributed by atoms with Gasteiger partial charge in [0.15, 0.2) is 6.61 Å². The first kappa shape index (κ1) is 20.6. The summed E-state index contributed by atoms with van der Waals surface area (Å²) < 4.78 is 23.7. The summed E-state index contributed by atoms with van der Waals surface area (Å²) in [5, 5.41) is 0. The highest BCUT2D eigenvalue weighted by Crippen LogP contribution is 2.24. The van der Waals surface area contributed by atoms with Gasteiger partial charge in [-0.25, -0.2) is 0 Å². The van der Waals surface area contributed by atoms with Gasteiger partial charge in [0.25, 0.3) is 5.91 Å². The Bertz CT molecular complexity index is 870. The van der Waals surface area contributed by atoms with Gasteiger partial charge < -0.3 is 23.8 Å². The topological polar surface area (TPSA) is 70.1 Å². The molecule has 1 aromatic carbocycles. The summed E-state index contributed by atoms with van der Waals surface area (Å²) in [7, 11) is 0. The molecule has 0 unspecified atom stereocenters. The third-order valence-electron chi connectivity index (χ3n) is 5.65. The SMILES string of the molecule is Cc1ccc(OC2CO[C@H]3CN(C(=O)COc4cccc(C)c4C)C[C@@H]3OC2)cn1. The molecular formula is C23H28N2O5. The normalized spacial score (nSPS) is 21.8. The van der Waals surface area contributed by atoms with E-state index in [0.29, 0.717) is 32.1 Å². The number of carbonyl (C=O) groups is 1. The second-order valence-corrected chi connectivity index (χ2v) is 7.90. The lowest BCUT2D eigenvalue weighted by Gasteiger charge is -2.20. The van der Waals surface area contributed by atoms with E-state index in [-0.39, 0.29) is 30.8 Å². The zero-order valence-corrected chi connectivity index (χ0v) is 17.7. The lowest BCUT2D eigenvalue weighted by atomic mass is 10.1. The molecule has 160 valence electrons. The molecular weight excluding hydrogens is 384 g/mol. The van der Waals surface area contributed by atoms with Crippen LogP contribution in [0.15, 0.2) is 36.5 Å². The molecule has 7 nitrogen and oxygen atoms in total. The Kier molecular flexibility index (Phi) is 6.20. The highest BCUT2D eigenvalue weighted by atomic mass is 16.6. The molecule has 0 radical (unpaired) electrons. The number of benzene rings is 1. The number of nitrogens with zero attached hydrogens (tertiary/aromatic N) is 2. The number of pyridine rings is 1. The van der Waals surface area contributed by atoms with E-state index in [4.69, 9.17) is 18.9 Å². The molecule has 4 rings (SSSR count). The van der Waals surface area contributed by atoms with E-state index in [0.717, 1.165) is 22.6 Å². The minimum atomic E-state index is -0.197. The highest BCUT2D eigenvalue weighted by molar-refractivity contribution is 5.78. The molecule has 0 saturated carbocycles. The standard InChI is InChI=1S/C23H28N2O5/c1-15-5-4-6-20(17(15)3)29-14-23(26)25-10-21-22(11-25)28-13-19(12-27-21)30-18-8-7-16(2)24-9-18/h4-9,19,21-22H,10-14H2,1-3H3/t21-,22-/m0/s1. The van der Waals surface area contributed by atoms with Gasteiger partial charge in [0.1, 0.15) is 29.8 Å². The van der Waals surface area contributed by atoms with Gasteiger partial charge in [0.05, 0.1) is 19.4 Å². The van der Waals surface area contributed by atoms with Crippen LogP contribution >= 0.6 is 0 Å². The predicted octanol–water partition coefficient (Wildman–Crippen LogP) is 2.46. The molecule has 7 heteroatoms. The molecule has 0 spiro atoms. The number of ether oxygens (including phenoxy) is 4. The Morgan fingerprint density at radius 2 is 1.83 bits per heavy atom. The number of amides is 1. The van der Waals surface area contributed by atoms with Crippen LogP contribution in [0.25, 0.3) is 0 Å². The van der Waals surface area contributed by atoms with Crippen molar-refractivity contribution >= 4 is 5.91 Å². The molecule has 0 N–H and O–H groups in total. The van der Waals surface area contributed by atoms with Crippen LogP contribution in [0.2, 0.25) is 0 Å². The van der Waals surface area contributed by atoms with Crippen LogP contribution in [0, 0.1) is 20.8 Å². The molecule has 0 aliphatic carbocycles. The molecule has 1 aromatic heterocycles. The lowest BCUT2D eigenvalue weighted by molar-refractivity contribution is -0.133. The maximum atomic E-state index is 12.6. The monoisotopic (exact) mass is 412 g/mol. The second-order valence-electron chi connectivity index (χ2n) is 7.90. The maximum Gasteiger partial charge on any atom is 0.260 e. The van der Waals surface area contributed by atoms with Crippen LogP contribution in [0.4, 0.5) is 0 Å². The molecule has 2 fully saturated rings. The smallest absolute Gasteiger partial charge is 0.260 e. The number of aromatic nitrogens is 1. The molecule has 30 heavy (non-hydrogen) atoms. The fourth-order valence-electron chi connectivity index (χ4n) is 3.67. The number of fused-ring (bicyclic) bond motifs is 1. The van der Waals surface area contributed by atoms with Crippen molar-refractivity contribution in [2.24, 2.45) is 0 Å². The van der Waals surface area contributed by atoms with Crippen molar-refractivity contribution in [3.63, 3.8) is 0 Å². The molecule has 2 aliphatic rings. The van der Waals surface area contributed by atoms with Crippen LogP contribution in [0.5, 0.6) is 11.5 Å². The molecule has 3 heterocycles. The zero-order valence-electron chi connectivity index (χ0n) is 17.7. The first-order valence-electron chi connectivity index (χ1n) is 10.3. The van der Waals surface area contributed by atoms with E-state index in [9.17, 15) is 4.79 Å². The van der Waals surface area contributed by atoms with Crippen molar-refractivity contribution < 1.29 is 23.7 Å². The van der Waals surface area contributed by atoms with Crippen molar-refractivity contribution in [1.29, 1.82) is 0 Å². The number of hydrogen-bond donors (Lipinski definition) is 0. The molecule has 1 amide bonds. The van der Waals surface area contributed by atoms with E-state index < -0.39 is 0 Å². The van der Waals surface area contributed by atoms with E-state index in [1.54, 1.807) is 11.1 Å². The first-order valence-corrected chi connectivity index (χ1v) is 10.3. The summed E-state index contributed by atoms with van der Waals surface area (Å²) in [5.74, 6) is 1.38. The summed E-state index contributed by atoms with van der Waals surface area (Å²) in [6.45, 7) is 7.79. The van der Waals surface area contributed by atoms with E-state index >= 15 is 0 Å². The van der Waals surface area contributed by atoms with Crippen molar-refractivity contribution in [2.75, 3.05) is 32.9 Å². The average Bonchev–Trinajstić information content (AvgIpc) is 3.06. The van der Waals surface area contributed by atoms with Crippen molar-refractivity contribution in [3.05, 3.63) is 53.3 Å². The van der Waals surface area contributed by atoms with Crippen LogP contribution in [-0.4, -0.2) is 67.0 Å². The Labute approximate surface area is 176 Å². The minimum Gasteiger partial charge on any atom is -0.484 e. The van der Waals surface area contributed by atoms with Gasteiger partial charge in [-0.3, -0.25) is 9.78 Å². The molecule has 2 aromatic rings. The first-order chi connectivity index (χ1) is 14.5. The van der Waals surface area contributed by atoms with Crippen molar-refractivity contribution in [1.82, 2.24) is 9.88 Å².